The normalized spacial score (nSPS) is 12.5. The number of hydrogen-bond donors (Lipinski definition) is 3. The van der Waals surface area contributed by atoms with Gasteiger partial charge < -0.3 is 15.8 Å². The van der Waals surface area contributed by atoms with Crippen LogP contribution in [0.5, 0.6) is 0 Å². The first-order chi connectivity index (χ1) is 10.5. The van der Waals surface area contributed by atoms with Gasteiger partial charge in [-0.1, -0.05) is 35.9 Å². The first-order valence-corrected chi connectivity index (χ1v) is 7.20. The molecular weight excluding hydrogens is 276 g/mol. The number of carboxylic acids is 1. The third kappa shape index (κ3) is 2.73. The lowest BCUT2D eigenvalue weighted by molar-refractivity contribution is -0.138. The highest BCUT2D eigenvalue weighted by Crippen LogP contribution is 2.27. The van der Waals surface area contributed by atoms with Crippen LogP contribution in [-0.2, 0) is 11.2 Å². The van der Waals surface area contributed by atoms with Gasteiger partial charge in [-0.05, 0) is 35.7 Å². The molecule has 4 nitrogen and oxygen atoms in total. The van der Waals surface area contributed by atoms with Crippen LogP contribution in [0, 0.1) is 6.92 Å². The van der Waals surface area contributed by atoms with Gasteiger partial charge in [-0.15, -0.1) is 0 Å². The van der Waals surface area contributed by atoms with Gasteiger partial charge in [-0.2, -0.15) is 0 Å². The zero-order valence-corrected chi connectivity index (χ0v) is 12.3. The Hall–Kier alpha value is -2.59. The van der Waals surface area contributed by atoms with Gasteiger partial charge in [0, 0.05) is 23.5 Å². The third-order valence-electron chi connectivity index (χ3n) is 3.91. The van der Waals surface area contributed by atoms with E-state index in [1.165, 1.54) is 5.56 Å². The lowest BCUT2D eigenvalue weighted by Gasteiger charge is -2.06. The number of aryl methyl sites for hydroxylation is 1. The van der Waals surface area contributed by atoms with Crippen LogP contribution >= 0.6 is 0 Å². The van der Waals surface area contributed by atoms with Crippen LogP contribution in [0.4, 0.5) is 0 Å². The van der Waals surface area contributed by atoms with E-state index >= 15 is 0 Å². The van der Waals surface area contributed by atoms with Crippen molar-refractivity contribution in [2.45, 2.75) is 19.4 Å². The Morgan fingerprint density at radius 2 is 1.86 bits per heavy atom. The highest BCUT2D eigenvalue weighted by molar-refractivity contribution is 5.88. The van der Waals surface area contributed by atoms with Crippen LogP contribution < -0.4 is 5.73 Å². The standard InChI is InChI=1S/C18H18N2O2/c1-11-2-4-12(5-3-11)13-6-7-17-15(8-13)14(10-20-17)9-16(19)18(21)22/h2-8,10,16,20H,9,19H2,1H3,(H,21,22)/t16-/m0/s1. The zero-order valence-electron chi connectivity index (χ0n) is 12.3. The number of rotatable bonds is 4. The van der Waals surface area contributed by atoms with E-state index in [0.717, 1.165) is 27.6 Å². The maximum Gasteiger partial charge on any atom is 0.320 e. The topological polar surface area (TPSA) is 79.1 Å². The fourth-order valence-electron chi connectivity index (χ4n) is 2.60. The molecule has 1 aromatic heterocycles. The second kappa shape index (κ2) is 5.66. The van der Waals surface area contributed by atoms with Crippen molar-refractivity contribution in [3.63, 3.8) is 0 Å². The van der Waals surface area contributed by atoms with E-state index in [4.69, 9.17) is 10.8 Å². The van der Waals surface area contributed by atoms with E-state index in [2.05, 4.69) is 48.3 Å². The molecule has 3 aromatic rings. The van der Waals surface area contributed by atoms with Gasteiger partial charge in [0.1, 0.15) is 6.04 Å². The minimum Gasteiger partial charge on any atom is -0.480 e. The number of carbonyl (C=O) groups is 1. The van der Waals surface area contributed by atoms with Gasteiger partial charge in [-0.25, -0.2) is 0 Å². The molecule has 0 saturated carbocycles. The van der Waals surface area contributed by atoms with Gasteiger partial charge in [0.2, 0.25) is 0 Å². The summed E-state index contributed by atoms with van der Waals surface area (Å²) in [5.74, 6) is -0.982. The average Bonchev–Trinajstić information content (AvgIpc) is 2.90. The number of carboxylic acid groups (broad SMARTS) is 1. The maximum absolute atomic E-state index is 10.9. The van der Waals surface area contributed by atoms with Crippen molar-refractivity contribution in [1.82, 2.24) is 4.98 Å². The minimum atomic E-state index is -0.982. The molecule has 2 aromatic carbocycles. The first kappa shape index (κ1) is 14.4. The third-order valence-corrected chi connectivity index (χ3v) is 3.91. The molecule has 1 heterocycles. The van der Waals surface area contributed by atoms with Gasteiger partial charge in [0.15, 0.2) is 0 Å². The molecular formula is C18H18N2O2. The Labute approximate surface area is 128 Å². The summed E-state index contributed by atoms with van der Waals surface area (Å²) in [5.41, 5.74) is 11.0. The van der Waals surface area contributed by atoms with Crippen LogP contribution in [-0.4, -0.2) is 22.1 Å². The van der Waals surface area contributed by atoms with Crippen molar-refractivity contribution < 1.29 is 9.90 Å². The Kier molecular flexibility index (Phi) is 3.69. The van der Waals surface area contributed by atoms with E-state index < -0.39 is 12.0 Å². The Bertz CT molecular complexity index is 819. The SMILES string of the molecule is Cc1ccc(-c2ccc3[nH]cc(C[C@H](N)C(=O)O)c3c2)cc1. The summed E-state index contributed by atoms with van der Waals surface area (Å²) in [6.07, 6.45) is 2.15. The van der Waals surface area contributed by atoms with Crippen LogP contribution in [0.3, 0.4) is 0 Å². The van der Waals surface area contributed by atoms with Crippen LogP contribution in [0.15, 0.2) is 48.7 Å². The summed E-state index contributed by atoms with van der Waals surface area (Å²) in [7, 11) is 0. The smallest absolute Gasteiger partial charge is 0.320 e. The first-order valence-electron chi connectivity index (χ1n) is 7.20. The van der Waals surface area contributed by atoms with Crippen LogP contribution in [0.25, 0.3) is 22.0 Å². The quantitative estimate of drug-likeness (QED) is 0.691. The lowest BCUT2D eigenvalue weighted by Crippen LogP contribution is -2.32. The number of H-pyrrole nitrogens is 1. The van der Waals surface area contributed by atoms with Crippen molar-refractivity contribution in [1.29, 1.82) is 0 Å². The summed E-state index contributed by atoms with van der Waals surface area (Å²) in [4.78, 5) is 14.1. The molecule has 112 valence electrons. The fourth-order valence-corrected chi connectivity index (χ4v) is 2.60. The molecule has 0 aliphatic rings. The number of nitrogens with two attached hydrogens (primary N) is 1. The van der Waals surface area contributed by atoms with Gasteiger partial charge in [0.05, 0.1) is 0 Å². The second-order valence-electron chi connectivity index (χ2n) is 5.59. The number of nitrogens with one attached hydrogen (secondary N) is 1. The number of aliphatic carboxylic acids is 1. The summed E-state index contributed by atoms with van der Waals surface area (Å²) in [6, 6.07) is 13.6. The maximum atomic E-state index is 10.9. The summed E-state index contributed by atoms with van der Waals surface area (Å²) >= 11 is 0. The van der Waals surface area contributed by atoms with E-state index in [1.54, 1.807) is 0 Å². The molecule has 0 spiro atoms. The Morgan fingerprint density at radius 1 is 1.18 bits per heavy atom. The van der Waals surface area contributed by atoms with E-state index in [1.807, 2.05) is 12.3 Å². The Morgan fingerprint density at radius 3 is 2.55 bits per heavy atom. The number of hydrogen-bond acceptors (Lipinski definition) is 2. The predicted molar refractivity (Wildman–Crippen MR) is 87.8 cm³/mol. The van der Waals surface area contributed by atoms with Gasteiger partial charge in [0.25, 0.3) is 0 Å². The number of aromatic amines is 1. The molecule has 0 aliphatic carbocycles. The van der Waals surface area contributed by atoms with Crippen LogP contribution in [0.1, 0.15) is 11.1 Å². The molecule has 3 rings (SSSR count). The van der Waals surface area contributed by atoms with Crippen molar-refractivity contribution in [3.05, 3.63) is 59.8 Å². The molecule has 0 radical (unpaired) electrons. The number of aromatic nitrogens is 1. The molecule has 0 fully saturated rings. The minimum absolute atomic E-state index is 0.312. The molecule has 22 heavy (non-hydrogen) atoms. The van der Waals surface area contributed by atoms with Crippen molar-refractivity contribution in [2.75, 3.05) is 0 Å². The molecule has 4 heteroatoms. The monoisotopic (exact) mass is 294 g/mol. The zero-order chi connectivity index (χ0) is 15.7. The summed E-state index contributed by atoms with van der Waals surface area (Å²) in [5, 5.41) is 10.00. The molecule has 0 amide bonds. The number of fused-ring (bicyclic) bond motifs is 1. The van der Waals surface area contributed by atoms with E-state index in [0.29, 0.717) is 6.42 Å². The number of benzene rings is 2. The largest absolute Gasteiger partial charge is 0.480 e. The van der Waals surface area contributed by atoms with Gasteiger partial charge in [-0.3, -0.25) is 4.79 Å². The lowest BCUT2D eigenvalue weighted by atomic mass is 10.00. The highest BCUT2D eigenvalue weighted by atomic mass is 16.4. The molecule has 0 bridgehead atoms. The molecule has 0 aliphatic heterocycles. The fraction of sp³-hybridized carbons (Fsp3) is 0.167. The molecule has 0 saturated heterocycles. The molecule has 0 unspecified atom stereocenters. The Balaban J connectivity index is 2.01. The van der Waals surface area contributed by atoms with Crippen LogP contribution in [0.2, 0.25) is 0 Å². The van der Waals surface area contributed by atoms with Gasteiger partial charge >= 0.3 is 5.97 Å². The molecule has 1 atom stereocenters. The van der Waals surface area contributed by atoms with Crippen molar-refractivity contribution in [3.8, 4) is 11.1 Å². The highest BCUT2D eigenvalue weighted by Gasteiger charge is 2.15. The second-order valence-corrected chi connectivity index (χ2v) is 5.59. The predicted octanol–water partition coefficient (Wildman–Crippen LogP) is 3.10. The average molecular weight is 294 g/mol. The summed E-state index contributed by atoms with van der Waals surface area (Å²) < 4.78 is 0. The summed E-state index contributed by atoms with van der Waals surface area (Å²) in [6.45, 7) is 2.06. The van der Waals surface area contributed by atoms with E-state index in [9.17, 15) is 4.79 Å². The van der Waals surface area contributed by atoms with Crippen molar-refractivity contribution >= 4 is 16.9 Å². The van der Waals surface area contributed by atoms with E-state index in [-0.39, 0.29) is 0 Å². The molecule has 4 N–H and O–H groups in total. The van der Waals surface area contributed by atoms with Crippen molar-refractivity contribution in [2.24, 2.45) is 5.73 Å².